The molecule has 0 saturated heterocycles. The van der Waals surface area contributed by atoms with Crippen LogP contribution in [0.2, 0.25) is 0 Å². The SMILES string of the molecule is [Co].[Ni].[O]=[Ni]. The van der Waals surface area contributed by atoms with Gasteiger partial charge in [0.2, 0.25) is 0 Å². The first-order valence-corrected chi connectivity index (χ1v) is 0.532. The fraction of sp³-hybridized carbons (Fsp3) is 0. The van der Waals surface area contributed by atoms with Crippen LogP contribution in [-0.4, -0.2) is 0 Å². The van der Waals surface area contributed by atoms with E-state index >= 15 is 0 Å². The summed E-state index contributed by atoms with van der Waals surface area (Å²) in [6, 6.07) is 0. The van der Waals surface area contributed by atoms with E-state index in [9.17, 15) is 0 Å². The Hall–Kier alpha value is 1.29. The van der Waals surface area contributed by atoms with E-state index in [0.29, 0.717) is 0 Å². The second-order valence-electron chi connectivity index (χ2n) is 0. The molecule has 0 saturated carbocycles. The van der Waals surface area contributed by atoms with Gasteiger partial charge in [-0.25, -0.2) is 0 Å². The van der Waals surface area contributed by atoms with E-state index in [4.69, 9.17) is 3.90 Å². The van der Waals surface area contributed by atoms with Crippen molar-refractivity contribution < 1.29 is 52.6 Å². The second-order valence-corrected chi connectivity index (χ2v) is 0. The molecule has 0 rings (SSSR count). The van der Waals surface area contributed by atoms with Crippen LogP contribution in [0.4, 0.5) is 0 Å². The van der Waals surface area contributed by atoms with Crippen LogP contribution in [0, 0.1) is 0 Å². The zero-order chi connectivity index (χ0) is 2.00. The molecule has 0 aromatic heterocycles. The zero-order valence-corrected chi connectivity index (χ0v) is 4.39. The molecular weight excluding hydrogens is 192 g/mol. The summed E-state index contributed by atoms with van der Waals surface area (Å²) >= 11 is 2.62. The van der Waals surface area contributed by atoms with Crippen LogP contribution < -0.4 is 0 Å². The average Bonchev–Trinajstić information content (AvgIpc) is 1.00. The van der Waals surface area contributed by atoms with E-state index < -0.39 is 0 Å². The van der Waals surface area contributed by atoms with Crippen LogP contribution in [0.1, 0.15) is 0 Å². The summed E-state index contributed by atoms with van der Waals surface area (Å²) in [5.74, 6) is 0. The Bertz CT molecular complexity index is 6.00. The van der Waals surface area contributed by atoms with Crippen molar-refractivity contribution in [2.75, 3.05) is 0 Å². The number of hydrogen-bond acceptors (Lipinski definition) is 1. The van der Waals surface area contributed by atoms with E-state index in [1.807, 2.05) is 0 Å². The Morgan fingerprint density at radius 3 is 1.25 bits per heavy atom. The maximum absolute atomic E-state index is 7.88. The minimum absolute atomic E-state index is 0. The van der Waals surface area contributed by atoms with Crippen molar-refractivity contribution in [1.29, 1.82) is 0 Å². The van der Waals surface area contributed by atoms with Crippen LogP contribution >= 0.6 is 0 Å². The van der Waals surface area contributed by atoms with Crippen molar-refractivity contribution in [3.63, 3.8) is 0 Å². The molecule has 0 N–H and O–H groups in total. The Balaban J connectivity index is -0.00000000500. The summed E-state index contributed by atoms with van der Waals surface area (Å²) in [5.41, 5.74) is 0. The predicted molar refractivity (Wildman–Crippen MR) is 0.686 cm³/mol. The third kappa shape index (κ3) is 10.4. The van der Waals surface area contributed by atoms with Crippen molar-refractivity contribution in [1.82, 2.24) is 0 Å². The Labute approximate surface area is 52.6 Å². The van der Waals surface area contributed by atoms with Crippen LogP contribution in [0.25, 0.3) is 0 Å². The molecule has 0 unspecified atom stereocenters. The summed E-state index contributed by atoms with van der Waals surface area (Å²) < 4.78 is 7.88. The fourth-order valence-corrected chi connectivity index (χ4v) is 0. The molecule has 4 heteroatoms. The molecule has 0 aromatic carbocycles. The van der Waals surface area contributed by atoms with Crippen LogP contribution in [-0.2, 0) is 52.6 Å². The molecule has 0 atom stereocenters. The molecule has 4 heavy (non-hydrogen) atoms. The molecule has 0 amide bonds. The van der Waals surface area contributed by atoms with Crippen LogP contribution in [0.5, 0.6) is 0 Å². The molecular formula is CoNi2O. The normalized spacial score (nSPS) is 1.50. The third-order valence-corrected chi connectivity index (χ3v) is 0. The molecule has 0 aromatic rings. The van der Waals surface area contributed by atoms with Gasteiger partial charge in [-0.3, -0.25) is 0 Å². The molecule has 1 radical (unpaired) electrons. The van der Waals surface area contributed by atoms with Gasteiger partial charge in [0.05, 0.1) is 0 Å². The topological polar surface area (TPSA) is 17.1 Å². The van der Waals surface area contributed by atoms with Gasteiger partial charge in [-0.05, 0) is 0 Å². The van der Waals surface area contributed by atoms with Crippen molar-refractivity contribution in [2.45, 2.75) is 0 Å². The van der Waals surface area contributed by atoms with Crippen LogP contribution in [0.3, 0.4) is 0 Å². The quantitative estimate of drug-likeness (QED) is 0.489. The third-order valence-electron chi connectivity index (χ3n) is 0. The fourth-order valence-electron chi connectivity index (χ4n) is 0. The van der Waals surface area contributed by atoms with Gasteiger partial charge in [0.1, 0.15) is 0 Å². The van der Waals surface area contributed by atoms with Gasteiger partial charge in [0.15, 0.2) is 0 Å². The molecule has 0 aliphatic rings. The van der Waals surface area contributed by atoms with Crippen molar-refractivity contribution in [3.8, 4) is 0 Å². The first-order valence-electron chi connectivity index (χ1n) is 0.129. The van der Waals surface area contributed by atoms with E-state index in [2.05, 4.69) is 15.4 Å². The maximum atomic E-state index is 7.88. The van der Waals surface area contributed by atoms with Gasteiger partial charge in [-0.2, -0.15) is 0 Å². The number of hydrogen-bond donors (Lipinski definition) is 0. The summed E-state index contributed by atoms with van der Waals surface area (Å²) in [6.07, 6.45) is 0. The number of rotatable bonds is 0. The Morgan fingerprint density at radius 2 is 1.25 bits per heavy atom. The van der Waals surface area contributed by atoms with E-state index in [-0.39, 0.29) is 33.3 Å². The molecule has 0 bridgehead atoms. The van der Waals surface area contributed by atoms with Crippen molar-refractivity contribution in [3.05, 3.63) is 0 Å². The first-order chi connectivity index (χ1) is 1.00. The minimum atomic E-state index is 0. The second kappa shape index (κ2) is 27.8. The molecule has 0 aliphatic heterocycles. The average molecular weight is 192 g/mol. The van der Waals surface area contributed by atoms with Gasteiger partial charge < -0.3 is 0 Å². The van der Waals surface area contributed by atoms with E-state index in [1.165, 1.54) is 0 Å². The van der Waals surface area contributed by atoms with Crippen LogP contribution in [0.15, 0.2) is 0 Å². The summed E-state index contributed by atoms with van der Waals surface area (Å²) in [4.78, 5) is 0. The molecule has 35 valence electrons. The summed E-state index contributed by atoms with van der Waals surface area (Å²) in [7, 11) is 0. The zero-order valence-electron chi connectivity index (χ0n) is 1.37. The van der Waals surface area contributed by atoms with Crippen molar-refractivity contribution >= 4 is 0 Å². The summed E-state index contributed by atoms with van der Waals surface area (Å²) in [5, 5.41) is 0. The molecule has 0 spiro atoms. The van der Waals surface area contributed by atoms with Gasteiger partial charge in [-0.15, -0.1) is 0 Å². The summed E-state index contributed by atoms with van der Waals surface area (Å²) in [6.45, 7) is 0. The molecule has 0 aliphatic carbocycles. The Kier molecular flexibility index (Phi) is 129. The predicted octanol–water partition coefficient (Wildman–Crippen LogP) is -0.126. The van der Waals surface area contributed by atoms with Gasteiger partial charge in [-0.1, -0.05) is 0 Å². The molecule has 0 fully saturated rings. The van der Waals surface area contributed by atoms with E-state index in [1.54, 1.807) is 0 Å². The van der Waals surface area contributed by atoms with Gasteiger partial charge >= 0.3 is 19.3 Å². The van der Waals surface area contributed by atoms with E-state index in [0.717, 1.165) is 0 Å². The standard InChI is InChI=1S/Co.2Ni.O. The van der Waals surface area contributed by atoms with Gasteiger partial charge in [0, 0.05) is 33.3 Å². The first kappa shape index (κ1) is 18.6. The van der Waals surface area contributed by atoms with Crippen molar-refractivity contribution in [2.24, 2.45) is 0 Å². The molecule has 1 nitrogen and oxygen atoms in total. The Morgan fingerprint density at radius 1 is 1.25 bits per heavy atom. The monoisotopic (exact) mass is 191 g/mol. The van der Waals surface area contributed by atoms with Gasteiger partial charge in [0.25, 0.3) is 0 Å². The molecule has 0 heterocycles.